The minimum atomic E-state index is -0.831. The average molecular weight is 572 g/mol. The second kappa shape index (κ2) is 10.6. The molecule has 9 nitrogen and oxygen atoms in total. The fraction of sp³-hybridized carbons (Fsp3) is 0.606. The molecule has 0 spiro atoms. The highest BCUT2D eigenvalue weighted by Gasteiger charge is 2.46. The number of nitrogen functional groups attached to an aromatic ring is 1. The molecule has 4 aromatic rings. The van der Waals surface area contributed by atoms with Gasteiger partial charge in [-0.2, -0.15) is 0 Å². The molecule has 0 amide bonds. The Morgan fingerprint density at radius 3 is 2.60 bits per heavy atom. The van der Waals surface area contributed by atoms with E-state index in [1.165, 1.54) is 44.0 Å². The van der Waals surface area contributed by atoms with E-state index in [1.807, 2.05) is 16.8 Å². The van der Waals surface area contributed by atoms with Gasteiger partial charge in [0, 0.05) is 37.2 Å². The molecule has 0 unspecified atom stereocenters. The predicted octanol–water partition coefficient (Wildman–Crippen LogP) is 4.74. The summed E-state index contributed by atoms with van der Waals surface area (Å²) in [4.78, 5) is 19.7. The highest BCUT2D eigenvalue weighted by molar-refractivity contribution is 5.86. The van der Waals surface area contributed by atoms with Gasteiger partial charge in [0.05, 0.1) is 28.6 Å². The number of imidazole rings is 1. The first-order valence-corrected chi connectivity index (χ1v) is 15.8. The quantitative estimate of drug-likeness (QED) is 0.241. The van der Waals surface area contributed by atoms with E-state index in [0.717, 1.165) is 53.7 Å². The number of anilines is 1. The summed E-state index contributed by atoms with van der Waals surface area (Å²) in [5.41, 5.74) is 10.4. The number of aromatic amines is 1. The van der Waals surface area contributed by atoms with Gasteiger partial charge in [0.15, 0.2) is 0 Å². The molecule has 224 valence electrons. The molecule has 0 aliphatic heterocycles. The number of fused-ring (bicyclic) bond motifs is 2. The van der Waals surface area contributed by atoms with Gasteiger partial charge in [-0.25, -0.2) is 15.0 Å². The minimum Gasteiger partial charge on any atom is -0.390 e. The van der Waals surface area contributed by atoms with Crippen molar-refractivity contribution >= 4 is 27.9 Å². The van der Waals surface area contributed by atoms with E-state index in [9.17, 15) is 10.2 Å². The van der Waals surface area contributed by atoms with E-state index in [4.69, 9.17) is 10.7 Å². The number of nitrogens with one attached hydrogen (secondary N) is 1. The van der Waals surface area contributed by atoms with Gasteiger partial charge in [0.25, 0.3) is 0 Å². The topological polar surface area (TPSA) is 129 Å². The first-order chi connectivity index (χ1) is 20.2. The van der Waals surface area contributed by atoms with Crippen molar-refractivity contribution in [3.63, 3.8) is 0 Å². The van der Waals surface area contributed by atoms with Crippen molar-refractivity contribution in [3.8, 4) is 0 Å². The highest BCUT2D eigenvalue weighted by atomic mass is 16.3. The molecule has 3 aliphatic carbocycles. The summed E-state index contributed by atoms with van der Waals surface area (Å²) in [7, 11) is 0. The van der Waals surface area contributed by atoms with Crippen LogP contribution in [0.4, 0.5) is 5.82 Å². The van der Waals surface area contributed by atoms with E-state index >= 15 is 0 Å². The summed E-state index contributed by atoms with van der Waals surface area (Å²) >= 11 is 0. The summed E-state index contributed by atoms with van der Waals surface area (Å²) in [5.74, 6) is 2.26. The number of nitrogens with two attached hydrogens (primary N) is 1. The van der Waals surface area contributed by atoms with Crippen molar-refractivity contribution in [3.05, 3.63) is 48.2 Å². The molecule has 1 aromatic carbocycles. The number of benzene rings is 1. The third-order valence-electron chi connectivity index (χ3n) is 10.5. The van der Waals surface area contributed by atoms with Crippen molar-refractivity contribution in [2.75, 3.05) is 12.3 Å². The van der Waals surface area contributed by atoms with Gasteiger partial charge < -0.3 is 25.5 Å². The van der Waals surface area contributed by atoms with E-state index in [2.05, 4.69) is 58.8 Å². The Balaban J connectivity index is 0.977. The average Bonchev–Trinajstić information content (AvgIpc) is 3.58. The van der Waals surface area contributed by atoms with Gasteiger partial charge in [-0.05, 0) is 73.6 Å². The van der Waals surface area contributed by atoms with Gasteiger partial charge >= 0.3 is 0 Å². The molecular weight excluding hydrogens is 526 g/mol. The molecule has 4 atom stereocenters. The van der Waals surface area contributed by atoms with Crippen LogP contribution in [0.25, 0.3) is 22.1 Å². The number of rotatable bonds is 8. The number of hydrogen-bond acceptors (Lipinski definition) is 7. The van der Waals surface area contributed by atoms with Crippen LogP contribution in [0.5, 0.6) is 0 Å². The lowest BCUT2D eigenvalue weighted by Crippen LogP contribution is -2.54. The van der Waals surface area contributed by atoms with Gasteiger partial charge in [0.2, 0.25) is 0 Å². The molecule has 0 radical (unpaired) electrons. The third-order valence-corrected chi connectivity index (χ3v) is 10.5. The fourth-order valence-corrected chi connectivity index (χ4v) is 7.59. The zero-order valence-electron chi connectivity index (χ0n) is 25.1. The van der Waals surface area contributed by atoms with Crippen molar-refractivity contribution in [2.45, 2.75) is 108 Å². The number of aliphatic hydroxyl groups excluding tert-OH is 2. The number of nitrogens with zero attached hydrogens (tertiary/aromatic N) is 5. The maximum Gasteiger partial charge on any atom is 0.145 e. The number of aryl methyl sites for hydroxylation is 1. The predicted molar refractivity (Wildman–Crippen MR) is 165 cm³/mol. The van der Waals surface area contributed by atoms with Gasteiger partial charge in [0.1, 0.15) is 29.7 Å². The Labute approximate surface area is 247 Å². The Morgan fingerprint density at radius 2 is 1.86 bits per heavy atom. The molecule has 0 saturated heterocycles. The molecule has 3 heterocycles. The van der Waals surface area contributed by atoms with Crippen LogP contribution < -0.4 is 5.73 Å². The molecule has 7 rings (SSSR count). The molecule has 3 aromatic heterocycles. The molecular formula is C33H45N7O2. The second-order valence-electron chi connectivity index (χ2n) is 14.2. The maximum atomic E-state index is 11.2. The summed E-state index contributed by atoms with van der Waals surface area (Å²) in [6.45, 7) is 7.56. The van der Waals surface area contributed by atoms with Crippen LogP contribution in [0.15, 0.2) is 36.8 Å². The molecule has 3 aliphatic rings. The van der Waals surface area contributed by atoms with Crippen molar-refractivity contribution in [2.24, 2.45) is 11.8 Å². The minimum absolute atomic E-state index is 0.0230. The maximum absolute atomic E-state index is 11.2. The lowest BCUT2D eigenvalue weighted by Gasteiger charge is -2.50. The number of H-pyrrole nitrogens is 1. The van der Waals surface area contributed by atoms with E-state index in [-0.39, 0.29) is 17.4 Å². The Hall–Kier alpha value is -3.01. The zero-order valence-corrected chi connectivity index (χ0v) is 25.1. The molecule has 9 heteroatoms. The SMILES string of the molecule is CC(C)(C)c1ccc2[nH]c(CC[C@H]3C[C@@H](N(C[C@H]4C[C@@H](n5ccc6c(N)ncnc65)[C@H](O)[C@@H]4O)C4CCC4)C3)nc2c1. The third kappa shape index (κ3) is 4.99. The summed E-state index contributed by atoms with van der Waals surface area (Å²) in [6, 6.07) is 9.46. The van der Waals surface area contributed by atoms with Crippen molar-refractivity contribution < 1.29 is 10.2 Å². The Kier molecular flexibility index (Phi) is 7.02. The van der Waals surface area contributed by atoms with Crippen LogP contribution in [-0.4, -0.2) is 70.5 Å². The lowest BCUT2D eigenvalue weighted by molar-refractivity contribution is -0.0338. The molecule has 5 N–H and O–H groups in total. The van der Waals surface area contributed by atoms with Crippen LogP contribution in [0, 0.1) is 11.8 Å². The summed E-state index contributed by atoms with van der Waals surface area (Å²) < 4.78 is 1.98. The molecule has 3 saturated carbocycles. The first-order valence-electron chi connectivity index (χ1n) is 15.8. The zero-order chi connectivity index (χ0) is 29.2. The number of aliphatic hydroxyl groups is 2. The molecule has 0 bridgehead atoms. The largest absolute Gasteiger partial charge is 0.390 e. The normalized spacial score (nSPS) is 28.5. The Morgan fingerprint density at radius 1 is 1.05 bits per heavy atom. The van der Waals surface area contributed by atoms with Gasteiger partial charge in [-0.1, -0.05) is 33.3 Å². The van der Waals surface area contributed by atoms with E-state index in [0.29, 0.717) is 23.8 Å². The smallest absolute Gasteiger partial charge is 0.145 e. The summed E-state index contributed by atoms with van der Waals surface area (Å²) in [5, 5.41) is 23.1. The van der Waals surface area contributed by atoms with Crippen molar-refractivity contribution in [1.29, 1.82) is 0 Å². The first kappa shape index (κ1) is 27.8. The monoisotopic (exact) mass is 571 g/mol. The number of aromatic nitrogens is 5. The van der Waals surface area contributed by atoms with Crippen LogP contribution >= 0.6 is 0 Å². The molecule has 3 fully saturated rings. The molecule has 42 heavy (non-hydrogen) atoms. The fourth-order valence-electron chi connectivity index (χ4n) is 7.59. The number of hydrogen-bond donors (Lipinski definition) is 4. The van der Waals surface area contributed by atoms with Crippen LogP contribution in [-0.2, 0) is 11.8 Å². The van der Waals surface area contributed by atoms with Crippen LogP contribution in [0.2, 0.25) is 0 Å². The lowest BCUT2D eigenvalue weighted by atomic mass is 9.74. The van der Waals surface area contributed by atoms with Gasteiger partial charge in [-0.3, -0.25) is 4.90 Å². The standard InChI is InChI=1S/C33H45N7O2/c1-33(2,3)21-8-9-25-26(16-21)38-28(37-25)10-7-19-13-23(14-19)40(22-5-4-6-22)17-20-15-27(30(42)29(20)41)39-12-11-24-31(34)35-18-36-32(24)39/h8-9,11-12,16,18-20,22-23,27,29-30,41-42H,4-7,10,13-15,17H2,1-3H3,(H,37,38)(H2,34,35,36)/t19-,20-,23+,27-,29-,30+/m1/s1. The van der Waals surface area contributed by atoms with E-state index < -0.39 is 12.2 Å². The van der Waals surface area contributed by atoms with Crippen molar-refractivity contribution in [1.82, 2.24) is 29.4 Å². The van der Waals surface area contributed by atoms with Gasteiger partial charge in [-0.15, -0.1) is 0 Å². The van der Waals surface area contributed by atoms with Crippen LogP contribution in [0.3, 0.4) is 0 Å². The highest BCUT2D eigenvalue weighted by Crippen LogP contribution is 2.43. The summed E-state index contributed by atoms with van der Waals surface area (Å²) in [6.07, 6.45) is 10.8. The van der Waals surface area contributed by atoms with E-state index in [1.54, 1.807) is 0 Å². The van der Waals surface area contributed by atoms with Crippen LogP contribution in [0.1, 0.15) is 83.1 Å². The Bertz CT molecular complexity index is 1560. The second-order valence-corrected chi connectivity index (χ2v) is 14.2.